The number of hydrogen-bond acceptors (Lipinski definition) is 2. The quantitative estimate of drug-likeness (QED) is 0.689. The van der Waals surface area contributed by atoms with Gasteiger partial charge in [0, 0.05) is 12.2 Å². The van der Waals surface area contributed by atoms with Crippen molar-refractivity contribution < 1.29 is 4.57 Å². The van der Waals surface area contributed by atoms with Gasteiger partial charge in [-0.05, 0) is 39.1 Å². The lowest BCUT2D eigenvalue weighted by Crippen LogP contribution is -2.34. The van der Waals surface area contributed by atoms with Gasteiger partial charge in [0.05, 0.1) is 7.14 Å². The van der Waals surface area contributed by atoms with Crippen molar-refractivity contribution in [1.29, 1.82) is 0 Å². The Bertz CT molecular complexity index is 169. The molecule has 3 heteroatoms. The molecule has 0 aromatic heterocycles. The molecule has 1 atom stereocenters. The van der Waals surface area contributed by atoms with Crippen molar-refractivity contribution in [3.63, 3.8) is 0 Å². The van der Waals surface area contributed by atoms with Gasteiger partial charge in [-0.3, -0.25) is 0 Å². The van der Waals surface area contributed by atoms with Crippen LogP contribution in [0.1, 0.15) is 25.7 Å². The Morgan fingerprint density at radius 2 is 2.17 bits per heavy atom. The van der Waals surface area contributed by atoms with E-state index in [1.165, 1.54) is 19.3 Å². The summed E-state index contributed by atoms with van der Waals surface area (Å²) < 4.78 is 11.4. The molecule has 0 amide bonds. The molecule has 0 aromatic rings. The summed E-state index contributed by atoms with van der Waals surface area (Å²) in [4.78, 5) is 0. The standard InChI is InChI=1S/C9H20NOP/c1-12(2,11)8-6-9-5-3-4-7-10-9/h9-10H,3-8H2,1-2H3. The molecule has 1 aliphatic rings. The largest absolute Gasteiger partial charge is 0.324 e. The minimum absolute atomic E-state index is 0.645. The van der Waals surface area contributed by atoms with Crippen LogP contribution in [0.25, 0.3) is 0 Å². The Hall–Kier alpha value is 0.190. The molecule has 0 spiro atoms. The third-order valence-electron chi connectivity index (χ3n) is 2.43. The van der Waals surface area contributed by atoms with Crippen LogP contribution < -0.4 is 5.32 Å². The Morgan fingerprint density at radius 3 is 2.67 bits per heavy atom. The maximum Gasteiger partial charge on any atom is 0.0819 e. The average Bonchev–Trinajstić information content (AvgIpc) is 2.02. The molecule has 0 radical (unpaired) electrons. The summed E-state index contributed by atoms with van der Waals surface area (Å²) >= 11 is 0. The van der Waals surface area contributed by atoms with Crippen molar-refractivity contribution in [1.82, 2.24) is 5.32 Å². The first kappa shape index (κ1) is 10.3. The van der Waals surface area contributed by atoms with Gasteiger partial charge in [0.15, 0.2) is 0 Å². The third kappa shape index (κ3) is 4.27. The summed E-state index contributed by atoms with van der Waals surface area (Å²) in [6, 6.07) is 0.645. The van der Waals surface area contributed by atoms with E-state index in [2.05, 4.69) is 5.32 Å². The molecular formula is C9H20NOP. The topological polar surface area (TPSA) is 29.1 Å². The van der Waals surface area contributed by atoms with Crippen molar-refractivity contribution in [3.8, 4) is 0 Å². The van der Waals surface area contributed by atoms with E-state index >= 15 is 0 Å². The number of piperidine rings is 1. The molecule has 12 heavy (non-hydrogen) atoms. The highest BCUT2D eigenvalue weighted by Gasteiger charge is 2.15. The highest BCUT2D eigenvalue weighted by atomic mass is 31.2. The average molecular weight is 189 g/mol. The van der Waals surface area contributed by atoms with E-state index in [-0.39, 0.29) is 0 Å². The minimum atomic E-state index is -1.77. The Morgan fingerprint density at radius 1 is 1.42 bits per heavy atom. The van der Waals surface area contributed by atoms with Gasteiger partial charge in [-0.15, -0.1) is 0 Å². The molecule has 1 heterocycles. The first-order valence-electron chi connectivity index (χ1n) is 4.85. The Balaban J connectivity index is 2.17. The second-order valence-corrected chi connectivity index (χ2v) is 7.83. The number of rotatable bonds is 3. The lowest BCUT2D eigenvalue weighted by atomic mass is 10.0. The molecule has 1 saturated heterocycles. The number of hydrogen-bond donors (Lipinski definition) is 1. The first-order chi connectivity index (χ1) is 5.58. The molecule has 72 valence electrons. The summed E-state index contributed by atoms with van der Waals surface area (Å²) in [5.41, 5.74) is 0. The first-order valence-corrected chi connectivity index (χ1v) is 7.64. The summed E-state index contributed by atoms with van der Waals surface area (Å²) in [6.07, 6.45) is 5.94. The highest BCUT2D eigenvalue weighted by molar-refractivity contribution is 7.62. The monoisotopic (exact) mass is 189 g/mol. The summed E-state index contributed by atoms with van der Waals surface area (Å²) in [5.74, 6) is 0. The van der Waals surface area contributed by atoms with E-state index in [0.717, 1.165) is 19.1 Å². The van der Waals surface area contributed by atoms with Crippen LogP contribution in [0.5, 0.6) is 0 Å². The van der Waals surface area contributed by atoms with Crippen LogP contribution in [0.4, 0.5) is 0 Å². The summed E-state index contributed by atoms with van der Waals surface area (Å²) in [6.45, 7) is 4.92. The molecular weight excluding hydrogens is 169 g/mol. The van der Waals surface area contributed by atoms with Crippen molar-refractivity contribution in [2.45, 2.75) is 31.7 Å². The maximum absolute atomic E-state index is 11.4. The van der Waals surface area contributed by atoms with Gasteiger partial charge in [0.25, 0.3) is 0 Å². The normalized spacial score (nSPS) is 25.7. The van der Waals surface area contributed by atoms with Gasteiger partial charge in [-0.2, -0.15) is 0 Å². The predicted molar refractivity (Wildman–Crippen MR) is 54.6 cm³/mol. The van der Waals surface area contributed by atoms with E-state index in [4.69, 9.17) is 0 Å². The molecule has 1 unspecified atom stereocenters. The molecule has 1 rings (SSSR count). The van der Waals surface area contributed by atoms with Crippen LogP contribution >= 0.6 is 7.14 Å². The summed E-state index contributed by atoms with van der Waals surface area (Å²) in [5, 5.41) is 3.47. The van der Waals surface area contributed by atoms with E-state index in [1.807, 2.05) is 13.3 Å². The van der Waals surface area contributed by atoms with Crippen molar-refractivity contribution in [2.75, 3.05) is 26.0 Å². The van der Waals surface area contributed by atoms with Crippen LogP contribution in [0.3, 0.4) is 0 Å². The molecule has 0 saturated carbocycles. The Labute approximate surface area is 75.5 Å². The van der Waals surface area contributed by atoms with Gasteiger partial charge in [0.2, 0.25) is 0 Å². The SMILES string of the molecule is CP(C)(=O)CCC1CCCCN1. The molecule has 0 bridgehead atoms. The smallest absolute Gasteiger partial charge is 0.0819 e. The fourth-order valence-corrected chi connectivity index (χ4v) is 2.57. The highest BCUT2D eigenvalue weighted by Crippen LogP contribution is 2.37. The van der Waals surface area contributed by atoms with Crippen molar-refractivity contribution >= 4 is 7.14 Å². The van der Waals surface area contributed by atoms with E-state index < -0.39 is 7.14 Å². The van der Waals surface area contributed by atoms with Crippen LogP contribution in [0, 0.1) is 0 Å². The molecule has 2 nitrogen and oxygen atoms in total. The van der Waals surface area contributed by atoms with E-state index in [1.54, 1.807) is 0 Å². The van der Waals surface area contributed by atoms with E-state index in [0.29, 0.717) is 6.04 Å². The van der Waals surface area contributed by atoms with E-state index in [9.17, 15) is 4.57 Å². The van der Waals surface area contributed by atoms with Crippen LogP contribution in [-0.4, -0.2) is 32.1 Å². The summed E-state index contributed by atoms with van der Waals surface area (Å²) in [7, 11) is -1.77. The second-order valence-electron chi connectivity index (χ2n) is 4.23. The Kier molecular flexibility index (Phi) is 3.79. The van der Waals surface area contributed by atoms with Gasteiger partial charge < -0.3 is 9.88 Å². The lowest BCUT2D eigenvalue weighted by Gasteiger charge is -2.23. The molecule has 1 fully saturated rings. The fraction of sp³-hybridized carbons (Fsp3) is 1.00. The van der Waals surface area contributed by atoms with Crippen LogP contribution in [0.2, 0.25) is 0 Å². The van der Waals surface area contributed by atoms with Gasteiger partial charge >= 0.3 is 0 Å². The molecule has 0 aliphatic carbocycles. The van der Waals surface area contributed by atoms with Gasteiger partial charge in [0.1, 0.15) is 0 Å². The fourth-order valence-electron chi connectivity index (χ4n) is 1.64. The zero-order chi connectivity index (χ0) is 9.03. The number of nitrogens with one attached hydrogen (secondary N) is 1. The van der Waals surface area contributed by atoms with Crippen LogP contribution in [0.15, 0.2) is 0 Å². The van der Waals surface area contributed by atoms with Gasteiger partial charge in [-0.1, -0.05) is 6.42 Å². The van der Waals surface area contributed by atoms with Crippen molar-refractivity contribution in [3.05, 3.63) is 0 Å². The maximum atomic E-state index is 11.4. The molecule has 1 N–H and O–H groups in total. The molecule has 1 aliphatic heterocycles. The molecule has 0 aromatic carbocycles. The van der Waals surface area contributed by atoms with Crippen LogP contribution in [-0.2, 0) is 4.57 Å². The second kappa shape index (κ2) is 4.43. The predicted octanol–water partition coefficient (Wildman–Crippen LogP) is 2.14. The van der Waals surface area contributed by atoms with Crippen molar-refractivity contribution in [2.24, 2.45) is 0 Å². The zero-order valence-corrected chi connectivity index (χ0v) is 9.07. The third-order valence-corrected chi connectivity index (χ3v) is 3.76. The lowest BCUT2D eigenvalue weighted by molar-refractivity contribution is 0.393. The van der Waals surface area contributed by atoms with Gasteiger partial charge in [-0.25, -0.2) is 0 Å². The zero-order valence-electron chi connectivity index (χ0n) is 8.18. The minimum Gasteiger partial charge on any atom is -0.324 e.